The number of hydrogen-bond donors (Lipinski definition) is 0. The van der Waals surface area contributed by atoms with E-state index in [9.17, 15) is 0 Å². The molecule has 1 aliphatic heterocycles. The Hall–Kier alpha value is -3.35. The molecule has 2 aliphatic carbocycles. The highest BCUT2D eigenvalue weighted by molar-refractivity contribution is 6.62. The summed E-state index contributed by atoms with van der Waals surface area (Å²) in [6.07, 6.45) is 6.86. The first kappa shape index (κ1) is 27.5. The second-order valence-corrected chi connectivity index (χ2v) is 14.0. The van der Waals surface area contributed by atoms with Crippen LogP contribution < -0.4 is 5.46 Å². The molecule has 1 aromatic heterocycles. The van der Waals surface area contributed by atoms with Crippen molar-refractivity contribution in [3.8, 4) is 34.2 Å². The number of aromatic nitrogens is 3. The van der Waals surface area contributed by atoms with Crippen molar-refractivity contribution in [1.29, 1.82) is 0 Å². The third-order valence-corrected chi connectivity index (χ3v) is 10.3. The molecule has 3 aromatic carbocycles. The van der Waals surface area contributed by atoms with Gasteiger partial charge in [0.05, 0.1) is 11.2 Å². The maximum atomic E-state index is 6.26. The first-order valence-electron chi connectivity index (χ1n) is 15.5. The van der Waals surface area contributed by atoms with Gasteiger partial charge in [-0.3, -0.25) is 0 Å². The van der Waals surface area contributed by atoms with E-state index < -0.39 is 7.12 Å². The van der Waals surface area contributed by atoms with E-state index in [1.54, 1.807) is 0 Å². The maximum absolute atomic E-state index is 6.26. The van der Waals surface area contributed by atoms with Gasteiger partial charge in [0, 0.05) is 16.7 Å². The van der Waals surface area contributed by atoms with Gasteiger partial charge in [0.1, 0.15) is 0 Å². The first-order chi connectivity index (χ1) is 20.1. The third kappa shape index (κ3) is 4.99. The minimum atomic E-state index is -0.405. The third-order valence-electron chi connectivity index (χ3n) is 10.3. The summed E-state index contributed by atoms with van der Waals surface area (Å²) in [6, 6.07) is 27.4. The number of nitrogens with zero attached hydrogens (tertiary/aromatic N) is 3. The van der Waals surface area contributed by atoms with Crippen molar-refractivity contribution in [3.63, 3.8) is 0 Å². The first-order valence-corrected chi connectivity index (χ1v) is 15.5. The minimum absolute atomic E-state index is 0.265. The van der Waals surface area contributed by atoms with Gasteiger partial charge in [-0.05, 0) is 75.2 Å². The fraction of sp³-hybridized carbons (Fsp3) is 0.417. The Bertz CT molecular complexity index is 1560. The molecule has 42 heavy (non-hydrogen) atoms. The molecule has 3 fully saturated rings. The molecule has 0 radical (unpaired) electrons. The lowest BCUT2D eigenvalue weighted by Gasteiger charge is -2.38. The second-order valence-electron chi connectivity index (χ2n) is 14.0. The lowest BCUT2D eigenvalue weighted by Crippen LogP contribution is -2.41. The minimum Gasteiger partial charge on any atom is -0.399 e. The quantitative estimate of drug-likeness (QED) is 0.236. The standard InChI is InChI=1S/C36H40BN3O2/c1-34(2)35(3,4)42-37(41-34)30-19-15-28(16-20-30)33-39-31(26-9-7-6-8-10-26)38-32(40-33)27-13-17-29(18-14-27)36(5)22-24-11-12-25(21-24)23-36/h6-10,13-20,24-25H,11-12,21-23H2,1-5H3/t24-,25+,36?. The van der Waals surface area contributed by atoms with Crippen molar-refractivity contribution in [2.24, 2.45) is 11.8 Å². The summed E-state index contributed by atoms with van der Waals surface area (Å²) in [5.41, 5.74) is 4.84. The van der Waals surface area contributed by atoms with E-state index in [2.05, 4.69) is 83.1 Å². The molecule has 2 bridgehead atoms. The summed E-state index contributed by atoms with van der Waals surface area (Å²) < 4.78 is 12.5. The Morgan fingerprint density at radius 3 is 1.55 bits per heavy atom. The van der Waals surface area contributed by atoms with Crippen molar-refractivity contribution >= 4 is 12.6 Å². The number of fused-ring (bicyclic) bond motifs is 2. The number of rotatable bonds is 5. The fourth-order valence-corrected chi connectivity index (χ4v) is 7.28. The van der Waals surface area contributed by atoms with Crippen LogP contribution in [0.1, 0.15) is 72.3 Å². The van der Waals surface area contributed by atoms with Crippen LogP contribution in [-0.2, 0) is 14.7 Å². The van der Waals surface area contributed by atoms with Crippen molar-refractivity contribution in [2.45, 2.75) is 83.3 Å². The number of benzene rings is 3. The summed E-state index contributed by atoms with van der Waals surface area (Å²) in [6.45, 7) is 10.8. The van der Waals surface area contributed by atoms with Gasteiger partial charge in [0.15, 0.2) is 17.5 Å². The molecule has 0 spiro atoms. The highest BCUT2D eigenvalue weighted by Crippen LogP contribution is 2.51. The summed E-state index contributed by atoms with van der Waals surface area (Å²) >= 11 is 0. The zero-order valence-corrected chi connectivity index (χ0v) is 25.4. The van der Waals surface area contributed by atoms with Gasteiger partial charge in [-0.1, -0.05) is 98.6 Å². The van der Waals surface area contributed by atoms with Crippen LogP contribution >= 0.6 is 0 Å². The van der Waals surface area contributed by atoms with Crippen LogP contribution in [0.5, 0.6) is 0 Å². The van der Waals surface area contributed by atoms with Crippen LogP contribution in [-0.4, -0.2) is 33.3 Å². The Morgan fingerprint density at radius 2 is 1.05 bits per heavy atom. The van der Waals surface area contributed by atoms with E-state index in [-0.39, 0.29) is 16.6 Å². The van der Waals surface area contributed by atoms with Gasteiger partial charge >= 0.3 is 7.12 Å². The molecule has 7 rings (SSSR count). The average Bonchev–Trinajstić information content (AvgIpc) is 3.45. The zero-order valence-electron chi connectivity index (χ0n) is 25.4. The summed E-state index contributed by atoms with van der Waals surface area (Å²) in [7, 11) is -0.405. The molecule has 0 amide bonds. The molecule has 1 saturated heterocycles. The molecular weight excluding hydrogens is 517 g/mol. The molecule has 3 atom stereocenters. The molecule has 0 N–H and O–H groups in total. The van der Waals surface area contributed by atoms with Crippen molar-refractivity contribution in [3.05, 3.63) is 84.4 Å². The smallest absolute Gasteiger partial charge is 0.399 e. The van der Waals surface area contributed by atoms with Gasteiger partial charge in [-0.25, -0.2) is 15.0 Å². The Labute approximate surface area is 250 Å². The predicted octanol–water partition coefficient (Wildman–Crippen LogP) is 7.64. The molecule has 2 heterocycles. The average molecular weight is 558 g/mol. The van der Waals surface area contributed by atoms with E-state index in [0.29, 0.717) is 17.5 Å². The summed E-state index contributed by atoms with van der Waals surface area (Å²) in [5.74, 6) is 3.80. The van der Waals surface area contributed by atoms with Gasteiger partial charge in [0.2, 0.25) is 0 Å². The van der Waals surface area contributed by atoms with Crippen LogP contribution in [0.15, 0.2) is 78.9 Å². The molecule has 5 nitrogen and oxygen atoms in total. The van der Waals surface area contributed by atoms with E-state index >= 15 is 0 Å². The van der Waals surface area contributed by atoms with Crippen molar-refractivity contribution in [2.75, 3.05) is 0 Å². The van der Waals surface area contributed by atoms with Crippen LogP contribution in [0.4, 0.5) is 0 Å². The van der Waals surface area contributed by atoms with Gasteiger partial charge < -0.3 is 9.31 Å². The molecule has 4 aromatic rings. The molecule has 3 aliphatic rings. The second kappa shape index (κ2) is 10.1. The van der Waals surface area contributed by atoms with Gasteiger partial charge in [0.25, 0.3) is 0 Å². The molecule has 6 heteroatoms. The largest absolute Gasteiger partial charge is 0.494 e. The van der Waals surface area contributed by atoms with Crippen molar-refractivity contribution < 1.29 is 9.31 Å². The Balaban J connectivity index is 1.21. The monoisotopic (exact) mass is 557 g/mol. The highest BCUT2D eigenvalue weighted by Gasteiger charge is 2.51. The molecule has 1 unspecified atom stereocenters. The van der Waals surface area contributed by atoms with E-state index in [1.807, 2.05) is 30.3 Å². The van der Waals surface area contributed by atoms with Crippen molar-refractivity contribution in [1.82, 2.24) is 15.0 Å². The molecule has 214 valence electrons. The van der Waals surface area contributed by atoms with Gasteiger partial charge in [-0.15, -0.1) is 0 Å². The lowest BCUT2D eigenvalue weighted by atomic mass is 9.66. The Morgan fingerprint density at radius 1 is 0.595 bits per heavy atom. The molecular formula is C36H40BN3O2. The summed E-state index contributed by atoms with van der Waals surface area (Å²) in [4.78, 5) is 14.8. The maximum Gasteiger partial charge on any atom is 0.494 e. The topological polar surface area (TPSA) is 57.1 Å². The van der Waals surface area contributed by atoms with Crippen LogP contribution in [0.2, 0.25) is 0 Å². The zero-order chi connectivity index (χ0) is 29.1. The highest BCUT2D eigenvalue weighted by atomic mass is 16.7. The SMILES string of the molecule is CC1(c2ccc(-c3nc(-c4ccccc4)nc(-c4ccc(B5OC(C)(C)C(C)(C)O5)cc4)n3)cc2)C[C@@H]2CC[C@@H](C2)C1. The fourth-order valence-electron chi connectivity index (χ4n) is 7.28. The Kier molecular flexibility index (Phi) is 6.63. The van der Waals surface area contributed by atoms with Gasteiger partial charge in [-0.2, -0.15) is 0 Å². The van der Waals surface area contributed by atoms with E-state index in [4.69, 9.17) is 24.3 Å². The predicted molar refractivity (Wildman–Crippen MR) is 169 cm³/mol. The van der Waals surface area contributed by atoms with Crippen LogP contribution in [0.25, 0.3) is 34.2 Å². The molecule has 2 saturated carbocycles. The van der Waals surface area contributed by atoms with Crippen LogP contribution in [0, 0.1) is 11.8 Å². The number of hydrogen-bond acceptors (Lipinski definition) is 5. The van der Waals surface area contributed by atoms with E-state index in [1.165, 1.54) is 37.7 Å². The van der Waals surface area contributed by atoms with Crippen LogP contribution in [0.3, 0.4) is 0 Å². The lowest BCUT2D eigenvalue weighted by molar-refractivity contribution is 0.00578. The summed E-state index contributed by atoms with van der Waals surface area (Å²) in [5, 5.41) is 0. The van der Waals surface area contributed by atoms with E-state index in [0.717, 1.165) is 34.0 Å². The normalized spacial score (nSPS) is 26.0.